The molecule has 0 saturated carbocycles. The molecular formula is C17H19BrFNO. The van der Waals surface area contributed by atoms with Crippen LogP contribution in [-0.2, 0) is 6.54 Å². The van der Waals surface area contributed by atoms with Crippen LogP contribution in [0.15, 0.2) is 40.9 Å². The summed E-state index contributed by atoms with van der Waals surface area (Å²) < 4.78 is 19.3. The Morgan fingerprint density at radius 3 is 2.62 bits per heavy atom. The highest BCUT2D eigenvalue weighted by molar-refractivity contribution is 9.10. The number of ether oxygens (including phenoxy) is 1. The van der Waals surface area contributed by atoms with Gasteiger partial charge in [0.25, 0.3) is 0 Å². The van der Waals surface area contributed by atoms with Crippen molar-refractivity contribution in [2.45, 2.75) is 26.4 Å². The molecule has 0 amide bonds. The molecule has 0 bridgehead atoms. The second kappa shape index (κ2) is 7.05. The van der Waals surface area contributed by atoms with E-state index in [1.165, 1.54) is 11.6 Å². The van der Waals surface area contributed by atoms with Gasteiger partial charge in [-0.3, -0.25) is 0 Å². The molecule has 0 fully saturated rings. The zero-order valence-corrected chi connectivity index (χ0v) is 14.0. The van der Waals surface area contributed by atoms with Gasteiger partial charge >= 0.3 is 0 Å². The van der Waals surface area contributed by atoms with E-state index in [4.69, 9.17) is 4.74 Å². The first-order valence-electron chi connectivity index (χ1n) is 6.83. The van der Waals surface area contributed by atoms with Crippen LogP contribution < -0.4 is 10.1 Å². The number of nitrogens with one attached hydrogen (secondary N) is 1. The van der Waals surface area contributed by atoms with Crippen LogP contribution in [0.5, 0.6) is 5.75 Å². The van der Waals surface area contributed by atoms with E-state index in [2.05, 4.69) is 28.2 Å². The van der Waals surface area contributed by atoms with E-state index >= 15 is 0 Å². The minimum atomic E-state index is -0.191. The van der Waals surface area contributed by atoms with Crippen LogP contribution in [0, 0.1) is 12.7 Å². The Morgan fingerprint density at radius 2 is 2.00 bits per heavy atom. The lowest BCUT2D eigenvalue weighted by Gasteiger charge is -2.16. The Morgan fingerprint density at radius 1 is 1.24 bits per heavy atom. The number of aryl methyl sites for hydroxylation is 1. The van der Waals surface area contributed by atoms with Crippen molar-refractivity contribution < 1.29 is 9.13 Å². The number of methoxy groups -OCH3 is 1. The van der Waals surface area contributed by atoms with Crippen molar-refractivity contribution in [1.82, 2.24) is 5.32 Å². The molecule has 1 atom stereocenters. The summed E-state index contributed by atoms with van der Waals surface area (Å²) in [7, 11) is 1.65. The van der Waals surface area contributed by atoms with Gasteiger partial charge in [0.1, 0.15) is 11.6 Å². The van der Waals surface area contributed by atoms with Gasteiger partial charge in [0, 0.05) is 12.6 Å². The summed E-state index contributed by atoms with van der Waals surface area (Å²) in [5, 5.41) is 3.46. The van der Waals surface area contributed by atoms with E-state index in [-0.39, 0.29) is 11.9 Å². The van der Waals surface area contributed by atoms with Crippen LogP contribution in [0.3, 0.4) is 0 Å². The normalized spacial score (nSPS) is 12.2. The maximum absolute atomic E-state index is 13.1. The molecule has 4 heteroatoms. The Hall–Kier alpha value is -1.39. The first kappa shape index (κ1) is 16.0. The molecule has 0 heterocycles. The molecule has 2 aromatic carbocycles. The van der Waals surface area contributed by atoms with E-state index in [9.17, 15) is 4.39 Å². The van der Waals surface area contributed by atoms with E-state index in [0.717, 1.165) is 21.3 Å². The van der Waals surface area contributed by atoms with E-state index in [1.54, 1.807) is 13.2 Å². The predicted octanol–water partition coefficient (Wildman–Crippen LogP) is 4.76. The maximum Gasteiger partial charge on any atom is 0.133 e. The zero-order valence-electron chi connectivity index (χ0n) is 12.4. The fraction of sp³-hybridized carbons (Fsp3) is 0.294. The van der Waals surface area contributed by atoms with Gasteiger partial charge in [0.05, 0.1) is 11.6 Å². The Balaban J connectivity index is 2.04. The molecule has 1 unspecified atom stereocenters. The molecule has 0 aliphatic heterocycles. The SMILES string of the molecule is COc1ccc(C(C)NCc2ccc(F)cc2C)cc1Br. The van der Waals surface area contributed by atoms with Crippen LogP contribution in [0.4, 0.5) is 4.39 Å². The molecule has 2 aromatic rings. The smallest absolute Gasteiger partial charge is 0.133 e. The van der Waals surface area contributed by atoms with Crippen molar-refractivity contribution in [2.75, 3.05) is 7.11 Å². The zero-order chi connectivity index (χ0) is 15.4. The summed E-state index contributed by atoms with van der Waals surface area (Å²) >= 11 is 3.50. The Kier molecular flexibility index (Phi) is 5.37. The van der Waals surface area contributed by atoms with Crippen molar-refractivity contribution in [3.63, 3.8) is 0 Å². The average Bonchev–Trinajstić information content (AvgIpc) is 2.46. The predicted molar refractivity (Wildman–Crippen MR) is 87.1 cm³/mol. The van der Waals surface area contributed by atoms with Crippen LogP contribution >= 0.6 is 15.9 Å². The van der Waals surface area contributed by atoms with Crippen LogP contribution in [-0.4, -0.2) is 7.11 Å². The number of hydrogen-bond acceptors (Lipinski definition) is 2. The van der Waals surface area contributed by atoms with Crippen molar-refractivity contribution in [1.29, 1.82) is 0 Å². The monoisotopic (exact) mass is 351 g/mol. The number of hydrogen-bond donors (Lipinski definition) is 1. The van der Waals surface area contributed by atoms with Crippen LogP contribution in [0.1, 0.15) is 29.7 Å². The number of benzene rings is 2. The minimum Gasteiger partial charge on any atom is -0.496 e. The van der Waals surface area contributed by atoms with Crippen LogP contribution in [0.25, 0.3) is 0 Å². The van der Waals surface area contributed by atoms with Gasteiger partial charge in [-0.1, -0.05) is 12.1 Å². The Bertz CT molecular complexity index is 630. The molecule has 2 nitrogen and oxygen atoms in total. The van der Waals surface area contributed by atoms with Gasteiger partial charge in [-0.15, -0.1) is 0 Å². The molecule has 0 aliphatic carbocycles. The molecule has 0 aliphatic rings. The molecule has 0 aromatic heterocycles. The number of halogens is 2. The third kappa shape index (κ3) is 4.05. The third-order valence-corrected chi connectivity index (χ3v) is 4.20. The second-order valence-corrected chi connectivity index (χ2v) is 5.92. The molecule has 0 radical (unpaired) electrons. The topological polar surface area (TPSA) is 21.3 Å². The lowest BCUT2D eigenvalue weighted by atomic mass is 10.1. The molecule has 21 heavy (non-hydrogen) atoms. The molecule has 112 valence electrons. The Labute approximate surface area is 133 Å². The fourth-order valence-electron chi connectivity index (χ4n) is 2.19. The summed E-state index contributed by atoms with van der Waals surface area (Å²) in [6.45, 7) is 4.73. The maximum atomic E-state index is 13.1. The summed E-state index contributed by atoms with van der Waals surface area (Å²) in [5.41, 5.74) is 3.24. The first-order chi connectivity index (χ1) is 10.0. The standard InChI is InChI=1S/C17H19BrFNO/c1-11-8-15(19)6-4-14(11)10-20-12(2)13-5-7-17(21-3)16(18)9-13/h4-9,12,20H,10H2,1-3H3. The average molecular weight is 352 g/mol. The van der Waals surface area contributed by atoms with E-state index < -0.39 is 0 Å². The number of rotatable bonds is 5. The highest BCUT2D eigenvalue weighted by atomic mass is 79.9. The van der Waals surface area contributed by atoms with Gasteiger partial charge in [0.15, 0.2) is 0 Å². The minimum absolute atomic E-state index is 0.191. The molecule has 1 N–H and O–H groups in total. The summed E-state index contributed by atoms with van der Waals surface area (Å²) in [5.74, 6) is 0.628. The van der Waals surface area contributed by atoms with Gasteiger partial charge in [-0.05, 0) is 70.7 Å². The van der Waals surface area contributed by atoms with Crippen molar-refractivity contribution in [3.05, 3.63) is 63.4 Å². The van der Waals surface area contributed by atoms with Gasteiger partial charge < -0.3 is 10.1 Å². The summed E-state index contributed by atoms with van der Waals surface area (Å²) in [4.78, 5) is 0. The fourth-order valence-corrected chi connectivity index (χ4v) is 2.75. The van der Waals surface area contributed by atoms with E-state index in [1.807, 2.05) is 31.2 Å². The highest BCUT2D eigenvalue weighted by Crippen LogP contribution is 2.28. The first-order valence-corrected chi connectivity index (χ1v) is 7.62. The molecular weight excluding hydrogens is 333 g/mol. The van der Waals surface area contributed by atoms with Gasteiger partial charge in [0.2, 0.25) is 0 Å². The molecule has 0 spiro atoms. The summed E-state index contributed by atoms with van der Waals surface area (Å²) in [6.07, 6.45) is 0. The largest absolute Gasteiger partial charge is 0.496 e. The molecule has 0 saturated heterocycles. The lowest BCUT2D eigenvalue weighted by molar-refractivity contribution is 0.411. The highest BCUT2D eigenvalue weighted by Gasteiger charge is 2.09. The second-order valence-electron chi connectivity index (χ2n) is 5.07. The van der Waals surface area contributed by atoms with Crippen molar-refractivity contribution in [2.24, 2.45) is 0 Å². The quantitative estimate of drug-likeness (QED) is 0.838. The van der Waals surface area contributed by atoms with Gasteiger partial charge in [-0.2, -0.15) is 0 Å². The van der Waals surface area contributed by atoms with E-state index in [0.29, 0.717) is 6.54 Å². The molecule has 2 rings (SSSR count). The van der Waals surface area contributed by atoms with Gasteiger partial charge in [-0.25, -0.2) is 4.39 Å². The summed E-state index contributed by atoms with van der Waals surface area (Å²) in [6, 6.07) is 11.1. The van der Waals surface area contributed by atoms with Crippen molar-refractivity contribution >= 4 is 15.9 Å². The third-order valence-electron chi connectivity index (χ3n) is 3.58. The van der Waals surface area contributed by atoms with Crippen LogP contribution in [0.2, 0.25) is 0 Å². The van der Waals surface area contributed by atoms with Crippen molar-refractivity contribution in [3.8, 4) is 5.75 Å². The lowest BCUT2D eigenvalue weighted by Crippen LogP contribution is -2.18.